The highest BCUT2D eigenvalue weighted by Crippen LogP contribution is 2.29. The molecule has 1 unspecified atom stereocenters. The summed E-state index contributed by atoms with van der Waals surface area (Å²) in [5.74, 6) is 0.0000653. The molecule has 0 aliphatic carbocycles. The molecule has 0 bridgehead atoms. The fourth-order valence-corrected chi connectivity index (χ4v) is 3.37. The van der Waals surface area contributed by atoms with Crippen LogP contribution in [0.5, 0.6) is 0 Å². The fourth-order valence-electron chi connectivity index (χ4n) is 3.37. The molecule has 1 N–H and O–H groups in total. The Bertz CT molecular complexity index is 762. The summed E-state index contributed by atoms with van der Waals surface area (Å²) in [6, 6.07) is 16.3. The van der Waals surface area contributed by atoms with Crippen LogP contribution >= 0.6 is 0 Å². The van der Waals surface area contributed by atoms with E-state index in [4.69, 9.17) is 14.2 Å². The monoisotopic (exact) mass is 383 g/mol. The molecule has 1 heterocycles. The number of amides is 1. The Balaban J connectivity index is 1.45. The minimum Gasteiger partial charge on any atom is -0.379 e. The minimum atomic E-state index is -0.157. The second kappa shape index (κ2) is 11.0. The van der Waals surface area contributed by atoms with Crippen LogP contribution in [0.3, 0.4) is 0 Å². The van der Waals surface area contributed by atoms with Crippen molar-refractivity contribution in [3.63, 3.8) is 0 Å². The van der Waals surface area contributed by atoms with Crippen LogP contribution < -0.4 is 5.32 Å². The topological polar surface area (TPSA) is 56.8 Å². The van der Waals surface area contributed by atoms with Gasteiger partial charge in [0, 0.05) is 13.2 Å². The first kappa shape index (κ1) is 20.5. The van der Waals surface area contributed by atoms with E-state index in [9.17, 15) is 4.79 Å². The van der Waals surface area contributed by atoms with Crippen molar-refractivity contribution in [2.75, 3.05) is 26.4 Å². The summed E-state index contributed by atoms with van der Waals surface area (Å²) in [6.07, 6.45) is 1.10. The maximum Gasteiger partial charge on any atom is 0.223 e. The van der Waals surface area contributed by atoms with Gasteiger partial charge in [-0.3, -0.25) is 4.79 Å². The average molecular weight is 383 g/mol. The third kappa shape index (κ3) is 6.16. The van der Waals surface area contributed by atoms with Crippen LogP contribution in [0.4, 0.5) is 0 Å². The Morgan fingerprint density at radius 1 is 1.11 bits per heavy atom. The van der Waals surface area contributed by atoms with Crippen LogP contribution in [0.1, 0.15) is 41.7 Å². The molecule has 1 aliphatic heterocycles. The van der Waals surface area contributed by atoms with Crippen LogP contribution in [-0.2, 0) is 38.6 Å². The van der Waals surface area contributed by atoms with Crippen LogP contribution in [-0.4, -0.2) is 32.3 Å². The average Bonchev–Trinajstić information content (AvgIpc) is 2.73. The third-order valence-electron chi connectivity index (χ3n) is 4.79. The number of benzene rings is 2. The van der Waals surface area contributed by atoms with Gasteiger partial charge in [0.2, 0.25) is 5.91 Å². The number of ether oxygens (including phenoxy) is 3. The molecule has 150 valence electrons. The second-order valence-corrected chi connectivity index (χ2v) is 6.86. The summed E-state index contributed by atoms with van der Waals surface area (Å²) in [7, 11) is 0. The Labute approximate surface area is 167 Å². The van der Waals surface area contributed by atoms with Crippen molar-refractivity contribution in [2.45, 2.75) is 39.0 Å². The van der Waals surface area contributed by atoms with Gasteiger partial charge in [-0.25, -0.2) is 0 Å². The number of carbonyl (C=O) groups is 1. The molecule has 0 fully saturated rings. The van der Waals surface area contributed by atoms with E-state index in [0.29, 0.717) is 46.0 Å². The molecule has 0 spiro atoms. The van der Waals surface area contributed by atoms with E-state index >= 15 is 0 Å². The van der Waals surface area contributed by atoms with Gasteiger partial charge in [0.05, 0.1) is 39.0 Å². The quantitative estimate of drug-likeness (QED) is 0.638. The van der Waals surface area contributed by atoms with Crippen molar-refractivity contribution in [3.05, 3.63) is 70.8 Å². The number of fused-ring (bicyclic) bond motifs is 1. The molecule has 1 amide bonds. The third-order valence-corrected chi connectivity index (χ3v) is 4.79. The Hall–Kier alpha value is -2.21. The van der Waals surface area contributed by atoms with E-state index in [1.54, 1.807) is 0 Å². The number of hydrogen-bond donors (Lipinski definition) is 1. The van der Waals surface area contributed by atoms with Gasteiger partial charge in [-0.2, -0.15) is 0 Å². The molecule has 2 aromatic carbocycles. The van der Waals surface area contributed by atoms with Gasteiger partial charge in [0.25, 0.3) is 0 Å². The molecular formula is C23H29NO4. The van der Waals surface area contributed by atoms with Crippen LogP contribution in [0.2, 0.25) is 0 Å². The van der Waals surface area contributed by atoms with Crippen molar-refractivity contribution < 1.29 is 19.0 Å². The summed E-state index contributed by atoms with van der Waals surface area (Å²) in [6.45, 7) is 5.57. The first-order valence-electron chi connectivity index (χ1n) is 9.95. The van der Waals surface area contributed by atoms with Gasteiger partial charge >= 0.3 is 0 Å². The van der Waals surface area contributed by atoms with E-state index in [1.165, 1.54) is 5.56 Å². The normalized spacial score (nSPS) is 15.8. The highest BCUT2D eigenvalue weighted by atomic mass is 16.5. The van der Waals surface area contributed by atoms with Gasteiger partial charge < -0.3 is 19.5 Å². The highest BCUT2D eigenvalue weighted by Gasteiger charge is 2.22. The molecule has 3 rings (SSSR count). The molecule has 5 nitrogen and oxygen atoms in total. The zero-order valence-electron chi connectivity index (χ0n) is 16.5. The van der Waals surface area contributed by atoms with Crippen molar-refractivity contribution in [1.82, 2.24) is 5.32 Å². The maximum absolute atomic E-state index is 12.4. The lowest BCUT2D eigenvalue weighted by atomic mass is 9.95. The van der Waals surface area contributed by atoms with E-state index < -0.39 is 0 Å². The van der Waals surface area contributed by atoms with Gasteiger partial charge in [0.15, 0.2) is 0 Å². The van der Waals surface area contributed by atoms with E-state index in [0.717, 1.165) is 23.1 Å². The smallest absolute Gasteiger partial charge is 0.223 e. The lowest BCUT2D eigenvalue weighted by molar-refractivity contribution is -0.124. The molecule has 5 heteroatoms. The van der Waals surface area contributed by atoms with Gasteiger partial charge in [-0.15, -0.1) is 0 Å². The lowest BCUT2D eigenvalue weighted by Gasteiger charge is -2.25. The molecule has 0 radical (unpaired) electrons. The molecular weight excluding hydrogens is 354 g/mol. The molecule has 1 atom stereocenters. The van der Waals surface area contributed by atoms with Crippen molar-refractivity contribution in [2.24, 2.45) is 0 Å². The Morgan fingerprint density at radius 3 is 2.82 bits per heavy atom. The van der Waals surface area contributed by atoms with Crippen molar-refractivity contribution >= 4 is 5.91 Å². The zero-order valence-corrected chi connectivity index (χ0v) is 16.5. The summed E-state index contributed by atoms with van der Waals surface area (Å²) in [4.78, 5) is 12.4. The SMILES string of the molecule is CCOCCOCc1cccc(CNC(=O)CC2OCCc3ccccc32)c1. The molecule has 1 aliphatic rings. The van der Waals surface area contributed by atoms with Crippen LogP contribution in [0.25, 0.3) is 0 Å². The van der Waals surface area contributed by atoms with Crippen molar-refractivity contribution in [3.8, 4) is 0 Å². The molecule has 0 saturated heterocycles. The van der Waals surface area contributed by atoms with Gasteiger partial charge in [-0.1, -0.05) is 48.5 Å². The largest absolute Gasteiger partial charge is 0.379 e. The maximum atomic E-state index is 12.4. The number of nitrogens with one attached hydrogen (secondary N) is 1. The van der Waals surface area contributed by atoms with Crippen molar-refractivity contribution in [1.29, 1.82) is 0 Å². The summed E-state index contributed by atoms with van der Waals surface area (Å²) >= 11 is 0. The number of carbonyl (C=O) groups excluding carboxylic acids is 1. The Kier molecular flexibility index (Phi) is 8.03. The standard InChI is InChI=1S/C23H29NO4/c1-2-26-12-13-27-17-19-7-5-6-18(14-19)16-24-23(25)15-22-21-9-4-3-8-20(21)10-11-28-22/h3-9,14,22H,2,10-13,15-17H2,1H3,(H,24,25). The lowest BCUT2D eigenvalue weighted by Crippen LogP contribution is -2.27. The summed E-state index contributed by atoms with van der Waals surface area (Å²) in [5.41, 5.74) is 4.57. The summed E-state index contributed by atoms with van der Waals surface area (Å²) < 4.78 is 16.7. The first-order valence-corrected chi connectivity index (χ1v) is 9.95. The minimum absolute atomic E-state index is 0.0000653. The molecule has 0 aromatic heterocycles. The van der Waals surface area contributed by atoms with Gasteiger partial charge in [-0.05, 0) is 35.6 Å². The van der Waals surface area contributed by atoms with E-state index in [-0.39, 0.29) is 12.0 Å². The molecule has 0 saturated carbocycles. The highest BCUT2D eigenvalue weighted by molar-refractivity contribution is 5.76. The van der Waals surface area contributed by atoms with E-state index in [1.807, 2.05) is 37.3 Å². The predicted molar refractivity (Wildman–Crippen MR) is 108 cm³/mol. The zero-order chi connectivity index (χ0) is 19.6. The van der Waals surface area contributed by atoms with Crippen LogP contribution in [0.15, 0.2) is 48.5 Å². The predicted octanol–water partition coefficient (Wildman–Crippen LogP) is 3.56. The number of rotatable bonds is 10. The van der Waals surface area contributed by atoms with Crippen LogP contribution in [0, 0.1) is 0 Å². The first-order chi connectivity index (χ1) is 13.8. The Morgan fingerprint density at radius 2 is 1.93 bits per heavy atom. The number of hydrogen-bond acceptors (Lipinski definition) is 4. The van der Waals surface area contributed by atoms with Gasteiger partial charge in [0.1, 0.15) is 0 Å². The molecule has 2 aromatic rings. The van der Waals surface area contributed by atoms with E-state index in [2.05, 4.69) is 23.5 Å². The molecule has 28 heavy (non-hydrogen) atoms. The summed E-state index contributed by atoms with van der Waals surface area (Å²) in [5, 5.41) is 3.01. The fraction of sp³-hybridized carbons (Fsp3) is 0.435. The second-order valence-electron chi connectivity index (χ2n) is 6.86.